The van der Waals surface area contributed by atoms with E-state index in [1.54, 1.807) is 5.32 Å². The molecule has 0 fully saturated rings. The van der Waals surface area contributed by atoms with E-state index in [-0.39, 0.29) is 0 Å². The molecule has 0 bridgehead atoms. The van der Waals surface area contributed by atoms with Gasteiger partial charge in [-0.15, -0.1) is 0 Å². The quantitative estimate of drug-likeness (QED) is 0.729. The van der Waals surface area contributed by atoms with E-state index in [2.05, 4.69) is 0 Å². The van der Waals surface area contributed by atoms with Gasteiger partial charge in [-0.3, -0.25) is 9.59 Å². The second-order valence-corrected chi connectivity index (χ2v) is 3.56. The Morgan fingerprint density at radius 1 is 1.16 bits per heavy atom. The third kappa shape index (κ3) is 3.73. The Morgan fingerprint density at radius 3 is 2.11 bits per heavy atom. The van der Waals surface area contributed by atoms with E-state index in [0.717, 1.165) is 18.2 Å². The number of carbonyl (C=O) groups is 3. The Kier molecular flexibility index (Phi) is 4.51. The molecule has 1 atom stereocenters. The molecule has 19 heavy (non-hydrogen) atoms. The molecule has 0 unspecified atom stereocenters. The first kappa shape index (κ1) is 14.6. The predicted molar refractivity (Wildman–Crippen MR) is 57.5 cm³/mol. The van der Waals surface area contributed by atoms with Gasteiger partial charge in [0.15, 0.2) is 0 Å². The van der Waals surface area contributed by atoms with Crippen molar-refractivity contribution in [3.8, 4) is 0 Å². The summed E-state index contributed by atoms with van der Waals surface area (Å²) in [5.41, 5.74) is -0.959. The van der Waals surface area contributed by atoms with Gasteiger partial charge in [0, 0.05) is 0 Å². The van der Waals surface area contributed by atoms with Gasteiger partial charge in [0.1, 0.15) is 23.2 Å². The first-order chi connectivity index (χ1) is 8.82. The lowest BCUT2D eigenvalue weighted by molar-refractivity contribution is -0.145. The van der Waals surface area contributed by atoms with Gasteiger partial charge >= 0.3 is 11.9 Å². The number of nitrogens with one attached hydrogen (secondary N) is 1. The summed E-state index contributed by atoms with van der Waals surface area (Å²) < 4.78 is 26.5. The van der Waals surface area contributed by atoms with Crippen molar-refractivity contribution in [2.45, 2.75) is 12.5 Å². The van der Waals surface area contributed by atoms with Crippen molar-refractivity contribution in [1.29, 1.82) is 0 Å². The molecule has 6 nitrogen and oxygen atoms in total. The molecule has 0 radical (unpaired) electrons. The number of benzene rings is 1. The van der Waals surface area contributed by atoms with Crippen LogP contribution in [0.1, 0.15) is 16.8 Å². The summed E-state index contributed by atoms with van der Waals surface area (Å²) in [6, 6.07) is 0.910. The normalized spacial score (nSPS) is 11.7. The zero-order valence-corrected chi connectivity index (χ0v) is 9.39. The molecule has 1 rings (SSSR count). The summed E-state index contributed by atoms with van der Waals surface area (Å²) in [5, 5.41) is 18.9. The van der Waals surface area contributed by atoms with E-state index in [4.69, 9.17) is 10.2 Å². The fraction of sp³-hybridized carbons (Fsp3) is 0.182. The second-order valence-electron chi connectivity index (χ2n) is 3.56. The number of hydrogen-bond acceptors (Lipinski definition) is 3. The summed E-state index contributed by atoms with van der Waals surface area (Å²) in [7, 11) is 0. The molecule has 3 N–H and O–H groups in total. The van der Waals surface area contributed by atoms with E-state index in [9.17, 15) is 23.2 Å². The molecule has 8 heteroatoms. The van der Waals surface area contributed by atoms with Crippen LogP contribution in [0.15, 0.2) is 18.2 Å². The van der Waals surface area contributed by atoms with Crippen molar-refractivity contribution >= 4 is 17.8 Å². The van der Waals surface area contributed by atoms with Crippen molar-refractivity contribution in [1.82, 2.24) is 5.32 Å². The Labute approximate surface area is 105 Å². The molecule has 1 aromatic carbocycles. The monoisotopic (exact) mass is 273 g/mol. The van der Waals surface area contributed by atoms with Gasteiger partial charge < -0.3 is 15.5 Å². The average Bonchev–Trinajstić information content (AvgIpc) is 2.27. The van der Waals surface area contributed by atoms with Crippen LogP contribution in [0.3, 0.4) is 0 Å². The smallest absolute Gasteiger partial charge is 0.326 e. The lowest BCUT2D eigenvalue weighted by Gasteiger charge is -2.13. The van der Waals surface area contributed by atoms with E-state index in [0.29, 0.717) is 0 Å². The largest absolute Gasteiger partial charge is 0.481 e. The van der Waals surface area contributed by atoms with Gasteiger partial charge in [0.25, 0.3) is 5.91 Å². The lowest BCUT2D eigenvalue weighted by atomic mass is 10.1. The molecule has 0 spiro atoms. The predicted octanol–water partition coefficient (Wildman–Crippen LogP) is 0.622. The average molecular weight is 273 g/mol. The van der Waals surface area contributed by atoms with E-state index >= 15 is 0 Å². The molecular formula is C11H9F2NO5. The van der Waals surface area contributed by atoms with Crippen LogP contribution in [0.2, 0.25) is 0 Å². The highest BCUT2D eigenvalue weighted by Crippen LogP contribution is 2.12. The van der Waals surface area contributed by atoms with Crippen LogP contribution in [0.25, 0.3) is 0 Å². The fourth-order valence-corrected chi connectivity index (χ4v) is 1.32. The Balaban J connectivity index is 2.94. The molecule has 1 amide bonds. The fourth-order valence-electron chi connectivity index (χ4n) is 1.32. The topological polar surface area (TPSA) is 104 Å². The van der Waals surface area contributed by atoms with Crippen LogP contribution in [-0.2, 0) is 9.59 Å². The SMILES string of the molecule is O=C(O)C[C@H](NC(=O)c1c(F)cccc1F)C(=O)O. The Bertz CT molecular complexity index is 512. The van der Waals surface area contributed by atoms with Crippen molar-refractivity contribution < 1.29 is 33.4 Å². The van der Waals surface area contributed by atoms with E-state index in [1.807, 2.05) is 0 Å². The van der Waals surface area contributed by atoms with E-state index in [1.165, 1.54) is 0 Å². The first-order valence-corrected chi connectivity index (χ1v) is 5.02. The zero-order chi connectivity index (χ0) is 14.6. The van der Waals surface area contributed by atoms with Gasteiger partial charge in [-0.25, -0.2) is 13.6 Å². The molecule has 0 aliphatic rings. The van der Waals surface area contributed by atoms with Gasteiger partial charge in [0.2, 0.25) is 0 Å². The van der Waals surface area contributed by atoms with Crippen molar-refractivity contribution in [3.63, 3.8) is 0 Å². The minimum Gasteiger partial charge on any atom is -0.481 e. The summed E-state index contributed by atoms with van der Waals surface area (Å²) >= 11 is 0. The highest BCUT2D eigenvalue weighted by molar-refractivity contribution is 5.97. The molecule has 0 aliphatic heterocycles. The Hall–Kier alpha value is -2.51. The van der Waals surface area contributed by atoms with Crippen molar-refractivity contribution in [2.24, 2.45) is 0 Å². The summed E-state index contributed by atoms with van der Waals surface area (Å²) in [6.07, 6.45) is -0.906. The maximum Gasteiger partial charge on any atom is 0.326 e. The number of carboxylic acids is 2. The zero-order valence-electron chi connectivity index (χ0n) is 9.39. The summed E-state index contributed by atoms with van der Waals surface area (Å²) in [6.45, 7) is 0. The second kappa shape index (κ2) is 5.89. The number of aliphatic carboxylic acids is 2. The highest BCUT2D eigenvalue weighted by atomic mass is 19.1. The number of carboxylic acid groups (broad SMARTS) is 2. The minimum atomic E-state index is -1.77. The molecule has 0 saturated carbocycles. The maximum absolute atomic E-state index is 13.3. The third-order valence-corrected chi connectivity index (χ3v) is 2.17. The molecule has 0 heterocycles. The number of amides is 1. The lowest BCUT2D eigenvalue weighted by Crippen LogP contribution is -2.42. The standard InChI is InChI=1S/C11H9F2NO5/c12-5-2-1-3-6(13)9(5)10(17)14-7(11(18)19)4-8(15)16/h1-3,7H,4H2,(H,14,17)(H,15,16)(H,18,19)/t7-/m0/s1. The highest BCUT2D eigenvalue weighted by Gasteiger charge is 2.26. The molecule has 0 aliphatic carbocycles. The van der Waals surface area contributed by atoms with Gasteiger partial charge in [0.05, 0.1) is 6.42 Å². The van der Waals surface area contributed by atoms with Crippen LogP contribution < -0.4 is 5.32 Å². The Morgan fingerprint density at radius 2 is 1.68 bits per heavy atom. The minimum absolute atomic E-state index is 0.824. The molecule has 0 saturated heterocycles. The number of halogens is 2. The molecule has 0 aromatic heterocycles. The van der Waals surface area contributed by atoms with Crippen LogP contribution in [0, 0.1) is 11.6 Å². The first-order valence-electron chi connectivity index (χ1n) is 5.02. The molecular weight excluding hydrogens is 264 g/mol. The summed E-state index contributed by atoms with van der Waals surface area (Å²) in [5.74, 6) is -6.76. The molecule has 102 valence electrons. The molecule has 1 aromatic rings. The van der Waals surface area contributed by atoms with Crippen LogP contribution in [0.5, 0.6) is 0 Å². The van der Waals surface area contributed by atoms with E-state index < -0.39 is 47.5 Å². The number of carbonyl (C=O) groups excluding carboxylic acids is 1. The van der Waals surface area contributed by atoms with Gasteiger partial charge in [-0.05, 0) is 12.1 Å². The van der Waals surface area contributed by atoms with Crippen LogP contribution in [0.4, 0.5) is 8.78 Å². The van der Waals surface area contributed by atoms with Crippen LogP contribution >= 0.6 is 0 Å². The van der Waals surface area contributed by atoms with Crippen molar-refractivity contribution in [2.75, 3.05) is 0 Å². The number of rotatable bonds is 5. The van der Waals surface area contributed by atoms with Crippen LogP contribution in [-0.4, -0.2) is 34.1 Å². The van der Waals surface area contributed by atoms with Gasteiger partial charge in [-0.2, -0.15) is 0 Å². The maximum atomic E-state index is 13.3. The third-order valence-electron chi connectivity index (χ3n) is 2.17. The number of hydrogen-bond donors (Lipinski definition) is 3. The summed E-state index contributed by atoms with van der Waals surface area (Å²) in [4.78, 5) is 32.6. The van der Waals surface area contributed by atoms with Gasteiger partial charge in [-0.1, -0.05) is 6.07 Å². The van der Waals surface area contributed by atoms with Crippen molar-refractivity contribution in [3.05, 3.63) is 35.4 Å².